The van der Waals surface area contributed by atoms with E-state index in [-0.39, 0.29) is 10.6 Å². The third kappa shape index (κ3) is 4.68. The first kappa shape index (κ1) is 23.5. The average Bonchev–Trinajstić information content (AvgIpc) is 3.24. The van der Waals surface area contributed by atoms with Gasteiger partial charge in [-0.15, -0.1) is 0 Å². The molecule has 8 heteroatoms. The Morgan fingerprint density at radius 3 is 2.47 bits per heavy atom. The SMILES string of the molecule is CCc1ccc(-n2c(C)cc(/C=C3\SC(=O)N(CC(=O)Nc4ccccc4F)C3=O)c2C)cc1. The van der Waals surface area contributed by atoms with Gasteiger partial charge in [-0.05, 0) is 79.6 Å². The molecule has 1 saturated heterocycles. The number of nitrogens with zero attached hydrogens (tertiary/aromatic N) is 2. The van der Waals surface area contributed by atoms with Crippen molar-refractivity contribution < 1.29 is 18.8 Å². The van der Waals surface area contributed by atoms with E-state index >= 15 is 0 Å². The Balaban J connectivity index is 1.53. The van der Waals surface area contributed by atoms with Crippen LogP contribution in [-0.2, 0) is 16.0 Å². The van der Waals surface area contributed by atoms with Gasteiger partial charge < -0.3 is 9.88 Å². The molecular weight excluding hydrogens is 453 g/mol. The first-order valence-corrected chi connectivity index (χ1v) is 11.7. The van der Waals surface area contributed by atoms with E-state index in [2.05, 4.69) is 41.1 Å². The third-order valence-electron chi connectivity index (χ3n) is 5.68. The van der Waals surface area contributed by atoms with Crippen molar-refractivity contribution in [2.75, 3.05) is 11.9 Å². The minimum Gasteiger partial charge on any atom is -0.322 e. The lowest BCUT2D eigenvalue weighted by Gasteiger charge is -2.12. The van der Waals surface area contributed by atoms with Crippen molar-refractivity contribution in [1.29, 1.82) is 0 Å². The van der Waals surface area contributed by atoms with Gasteiger partial charge in [-0.25, -0.2) is 4.39 Å². The summed E-state index contributed by atoms with van der Waals surface area (Å²) in [6, 6.07) is 16.0. The van der Waals surface area contributed by atoms with Crippen LogP contribution < -0.4 is 5.32 Å². The molecule has 2 heterocycles. The monoisotopic (exact) mass is 477 g/mol. The summed E-state index contributed by atoms with van der Waals surface area (Å²) >= 11 is 0.788. The van der Waals surface area contributed by atoms with Crippen LogP contribution in [-0.4, -0.2) is 33.1 Å². The summed E-state index contributed by atoms with van der Waals surface area (Å²) in [5.41, 5.74) is 5.01. The van der Waals surface area contributed by atoms with E-state index in [0.717, 1.165) is 45.7 Å². The highest BCUT2D eigenvalue weighted by Gasteiger charge is 2.36. The first-order valence-electron chi connectivity index (χ1n) is 10.9. The number of thioether (sulfide) groups is 1. The molecule has 0 bridgehead atoms. The number of para-hydroxylation sites is 1. The third-order valence-corrected chi connectivity index (χ3v) is 6.59. The Bertz CT molecular complexity index is 1310. The van der Waals surface area contributed by atoms with Gasteiger partial charge in [0.15, 0.2) is 0 Å². The summed E-state index contributed by atoms with van der Waals surface area (Å²) in [6.07, 6.45) is 2.64. The van der Waals surface area contributed by atoms with E-state index < -0.39 is 29.4 Å². The molecule has 3 amide bonds. The topological polar surface area (TPSA) is 71.4 Å². The fraction of sp³-hybridized carbons (Fsp3) is 0.192. The highest BCUT2D eigenvalue weighted by atomic mass is 32.2. The standard InChI is InChI=1S/C26H24FN3O3S/c1-4-18-9-11-20(12-10-18)30-16(2)13-19(17(30)3)14-23-25(32)29(26(33)34-23)15-24(31)28-22-8-6-5-7-21(22)27/h5-14H,4,15H2,1-3H3,(H,28,31)/b23-14-. The smallest absolute Gasteiger partial charge is 0.294 e. The Hall–Kier alpha value is -3.65. The number of aromatic nitrogens is 1. The lowest BCUT2D eigenvalue weighted by atomic mass is 10.1. The quantitative estimate of drug-likeness (QED) is 0.478. The maximum absolute atomic E-state index is 13.8. The number of hydrogen-bond acceptors (Lipinski definition) is 4. The van der Waals surface area contributed by atoms with Crippen molar-refractivity contribution in [2.45, 2.75) is 27.2 Å². The van der Waals surface area contributed by atoms with Crippen molar-refractivity contribution in [3.63, 3.8) is 0 Å². The molecule has 0 radical (unpaired) electrons. The van der Waals surface area contributed by atoms with E-state index in [1.807, 2.05) is 19.9 Å². The number of carbonyl (C=O) groups excluding carboxylic acids is 3. The second-order valence-electron chi connectivity index (χ2n) is 7.98. The van der Waals surface area contributed by atoms with E-state index in [4.69, 9.17) is 0 Å². The predicted octanol–water partition coefficient (Wildman–Crippen LogP) is 5.47. The Morgan fingerprint density at radius 1 is 1.09 bits per heavy atom. The number of carbonyl (C=O) groups is 3. The van der Waals surface area contributed by atoms with E-state index in [1.54, 1.807) is 12.1 Å². The second kappa shape index (κ2) is 9.69. The molecular formula is C26H24FN3O3S. The molecule has 1 aliphatic heterocycles. The van der Waals surface area contributed by atoms with Crippen LogP contribution in [0.15, 0.2) is 59.5 Å². The minimum absolute atomic E-state index is 0.00516. The summed E-state index contributed by atoms with van der Waals surface area (Å²) in [5.74, 6) is -1.79. The number of anilines is 1. The van der Waals surface area contributed by atoms with Crippen molar-refractivity contribution in [3.8, 4) is 5.69 Å². The minimum atomic E-state index is -0.651. The molecule has 6 nitrogen and oxygen atoms in total. The number of nitrogens with one attached hydrogen (secondary N) is 1. The number of hydrogen-bond donors (Lipinski definition) is 1. The lowest BCUT2D eigenvalue weighted by molar-refractivity contribution is -0.127. The lowest BCUT2D eigenvalue weighted by Crippen LogP contribution is -2.36. The van der Waals surface area contributed by atoms with Gasteiger partial charge in [0.05, 0.1) is 10.6 Å². The molecule has 4 rings (SSSR count). The van der Waals surface area contributed by atoms with E-state index in [0.29, 0.717) is 0 Å². The van der Waals surface area contributed by atoms with Gasteiger partial charge in [-0.2, -0.15) is 0 Å². The number of amides is 3. The van der Waals surface area contributed by atoms with Gasteiger partial charge in [0, 0.05) is 17.1 Å². The normalized spacial score (nSPS) is 14.8. The molecule has 2 aromatic carbocycles. The maximum Gasteiger partial charge on any atom is 0.294 e. The Labute approximate surface area is 201 Å². The van der Waals surface area contributed by atoms with Gasteiger partial charge in [0.25, 0.3) is 11.1 Å². The molecule has 3 aromatic rings. The number of halogens is 1. The van der Waals surface area contributed by atoms with Crippen molar-refractivity contribution in [1.82, 2.24) is 9.47 Å². The van der Waals surface area contributed by atoms with Crippen LogP contribution in [0.4, 0.5) is 14.9 Å². The molecule has 0 spiro atoms. The highest BCUT2D eigenvalue weighted by molar-refractivity contribution is 8.18. The Kier molecular flexibility index (Phi) is 6.70. The fourth-order valence-corrected chi connectivity index (χ4v) is 4.71. The molecule has 1 fully saturated rings. The molecule has 1 aromatic heterocycles. The summed E-state index contributed by atoms with van der Waals surface area (Å²) in [5, 5.41) is 1.86. The van der Waals surface area contributed by atoms with Gasteiger partial charge in [-0.3, -0.25) is 19.3 Å². The summed E-state index contributed by atoms with van der Waals surface area (Å²) in [4.78, 5) is 38.8. The zero-order valence-electron chi connectivity index (χ0n) is 19.1. The number of rotatable bonds is 6. The molecule has 1 N–H and O–H groups in total. The van der Waals surface area contributed by atoms with E-state index in [1.165, 1.54) is 23.8 Å². The average molecular weight is 478 g/mol. The molecule has 0 saturated carbocycles. The summed E-state index contributed by atoms with van der Waals surface area (Å²) in [7, 11) is 0. The zero-order chi connectivity index (χ0) is 24.4. The van der Waals surface area contributed by atoms with Gasteiger partial charge in [-0.1, -0.05) is 31.2 Å². The number of aryl methyl sites for hydroxylation is 2. The number of benzene rings is 2. The summed E-state index contributed by atoms with van der Waals surface area (Å²) < 4.78 is 15.9. The van der Waals surface area contributed by atoms with Crippen LogP contribution in [0, 0.1) is 19.7 Å². The van der Waals surface area contributed by atoms with Crippen LogP contribution >= 0.6 is 11.8 Å². The predicted molar refractivity (Wildman–Crippen MR) is 132 cm³/mol. The van der Waals surface area contributed by atoms with Crippen LogP contribution in [0.1, 0.15) is 29.4 Å². The van der Waals surface area contributed by atoms with Gasteiger partial charge in [0.2, 0.25) is 5.91 Å². The molecule has 0 aliphatic carbocycles. The van der Waals surface area contributed by atoms with Crippen LogP contribution in [0.5, 0.6) is 0 Å². The molecule has 0 unspecified atom stereocenters. The largest absolute Gasteiger partial charge is 0.322 e. The van der Waals surface area contributed by atoms with Crippen molar-refractivity contribution in [3.05, 3.63) is 87.8 Å². The van der Waals surface area contributed by atoms with Crippen molar-refractivity contribution in [2.24, 2.45) is 0 Å². The number of imide groups is 1. The van der Waals surface area contributed by atoms with E-state index in [9.17, 15) is 18.8 Å². The first-order chi connectivity index (χ1) is 16.3. The van der Waals surface area contributed by atoms with Gasteiger partial charge >= 0.3 is 0 Å². The summed E-state index contributed by atoms with van der Waals surface area (Å²) in [6.45, 7) is 5.56. The molecule has 0 atom stereocenters. The Morgan fingerprint density at radius 2 is 1.79 bits per heavy atom. The zero-order valence-corrected chi connectivity index (χ0v) is 19.9. The molecule has 1 aliphatic rings. The second-order valence-corrected chi connectivity index (χ2v) is 8.97. The van der Waals surface area contributed by atoms with Crippen LogP contribution in [0.3, 0.4) is 0 Å². The van der Waals surface area contributed by atoms with Crippen molar-refractivity contribution >= 4 is 40.6 Å². The van der Waals surface area contributed by atoms with Gasteiger partial charge in [0.1, 0.15) is 12.4 Å². The highest BCUT2D eigenvalue weighted by Crippen LogP contribution is 2.33. The fourth-order valence-electron chi connectivity index (χ4n) is 3.89. The molecule has 174 valence electrons. The van der Waals surface area contributed by atoms with Crippen LogP contribution in [0.2, 0.25) is 0 Å². The maximum atomic E-state index is 13.8. The molecule has 34 heavy (non-hydrogen) atoms. The van der Waals surface area contributed by atoms with Crippen LogP contribution in [0.25, 0.3) is 11.8 Å².